The lowest BCUT2D eigenvalue weighted by Gasteiger charge is -2.16. The first-order chi connectivity index (χ1) is 9.72. The molecule has 1 aromatic heterocycles. The molecule has 0 aliphatic carbocycles. The summed E-state index contributed by atoms with van der Waals surface area (Å²) >= 11 is 0. The van der Waals surface area contributed by atoms with Crippen molar-refractivity contribution in [3.63, 3.8) is 0 Å². The van der Waals surface area contributed by atoms with Crippen LogP contribution >= 0.6 is 0 Å². The maximum atomic E-state index is 14.1. The van der Waals surface area contributed by atoms with Crippen LogP contribution in [0.3, 0.4) is 0 Å². The van der Waals surface area contributed by atoms with E-state index < -0.39 is 11.6 Å². The molecule has 1 fully saturated rings. The minimum Gasteiger partial charge on any atom is -0.496 e. The normalized spacial score (nSPS) is 18.4. The zero-order valence-corrected chi connectivity index (χ0v) is 11.0. The first-order valence-corrected chi connectivity index (χ1v) is 6.35. The molecule has 1 aromatic carbocycles. The summed E-state index contributed by atoms with van der Waals surface area (Å²) in [4.78, 5) is 4.16. The van der Waals surface area contributed by atoms with Crippen molar-refractivity contribution in [2.45, 2.75) is 12.5 Å². The van der Waals surface area contributed by atoms with Crippen molar-refractivity contribution in [3.05, 3.63) is 36.2 Å². The molecule has 1 aliphatic heterocycles. The fourth-order valence-electron chi connectivity index (χ4n) is 2.45. The van der Waals surface area contributed by atoms with Gasteiger partial charge in [-0.05, 0) is 18.6 Å². The Bertz CT molecular complexity index is 622. The largest absolute Gasteiger partial charge is 0.496 e. The van der Waals surface area contributed by atoms with E-state index in [0.29, 0.717) is 19.0 Å². The van der Waals surface area contributed by atoms with Gasteiger partial charge in [-0.25, -0.2) is 13.8 Å². The number of hydrogen-bond acceptors (Lipinski definition) is 3. The van der Waals surface area contributed by atoms with Gasteiger partial charge in [-0.15, -0.1) is 0 Å². The molecule has 2 aromatic rings. The van der Waals surface area contributed by atoms with E-state index >= 15 is 0 Å². The third-order valence-electron chi connectivity index (χ3n) is 3.47. The van der Waals surface area contributed by atoms with Gasteiger partial charge in [-0.3, -0.25) is 0 Å². The number of halogens is 2. The number of benzene rings is 1. The van der Waals surface area contributed by atoms with Gasteiger partial charge in [0.1, 0.15) is 11.6 Å². The van der Waals surface area contributed by atoms with Crippen molar-refractivity contribution in [2.75, 3.05) is 20.3 Å². The summed E-state index contributed by atoms with van der Waals surface area (Å²) < 4.78 is 39.9. The highest BCUT2D eigenvalue weighted by Crippen LogP contribution is 2.35. The molecule has 0 bridgehead atoms. The fourth-order valence-corrected chi connectivity index (χ4v) is 2.45. The zero-order chi connectivity index (χ0) is 14.1. The molecule has 1 saturated heterocycles. The summed E-state index contributed by atoms with van der Waals surface area (Å²) in [6.07, 6.45) is 4.14. The van der Waals surface area contributed by atoms with E-state index in [1.807, 2.05) is 4.57 Å². The molecule has 106 valence electrons. The van der Waals surface area contributed by atoms with Crippen molar-refractivity contribution >= 4 is 0 Å². The van der Waals surface area contributed by atoms with Crippen LogP contribution < -0.4 is 4.74 Å². The minimum atomic E-state index is -0.948. The maximum absolute atomic E-state index is 14.1. The number of aromatic nitrogens is 2. The van der Waals surface area contributed by atoms with Gasteiger partial charge in [0.2, 0.25) is 0 Å². The fraction of sp³-hybridized carbons (Fsp3) is 0.357. The Kier molecular flexibility index (Phi) is 3.40. The molecule has 0 saturated carbocycles. The Morgan fingerprint density at radius 2 is 2.25 bits per heavy atom. The van der Waals surface area contributed by atoms with E-state index in [-0.39, 0.29) is 17.4 Å². The van der Waals surface area contributed by atoms with E-state index in [9.17, 15) is 8.78 Å². The van der Waals surface area contributed by atoms with Crippen LogP contribution in [0.15, 0.2) is 24.5 Å². The standard InChI is InChI=1S/C14H14F2N2O2/c1-19-11-3-2-10(15)13(16)12(11)14-17-5-6-18(14)9-4-7-20-8-9/h2-3,5-6,9H,4,7-8H2,1H3. The smallest absolute Gasteiger partial charge is 0.173 e. The highest BCUT2D eigenvalue weighted by Gasteiger charge is 2.25. The van der Waals surface area contributed by atoms with Gasteiger partial charge in [0.15, 0.2) is 11.6 Å². The highest BCUT2D eigenvalue weighted by molar-refractivity contribution is 5.65. The number of methoxy groups -OCH3 is 1. The van der Waals surface area contributed by atoms with Crippen LogP contribution in [0.4, 0.5) is 8.78 Å². The van der Waals surface area contributed by atoms with Crippen molar-refractivity contribution in [1.82, 2.24) is 9.55 Å². The number of ether oxygens (including phenoxy) is 2. The molecule has 1 aliphatic rings. The molecule has 1 unspecified atom stereocenters. The quantitative estimate of drug-likeness (QED) is 0.867. The summed E-state index contributed by atoms with van der Waals surface area (Å²) in [6, 6.07) is 2.53. The molecule has 3 rings (SSSR count). The monoisotopic (exact) mass is 280 g/mol. The molecule has 0 spiro atoms. The molecule has 20 heavy (non-hydrogen) atoms. The highest BCUT2D eigenvalue weighted by atomic mass is 19.2. The molecule has 1 atom stereocenters. The first-order valence-electron chi connectivity index (χ1n) is 6.35. The summed E-state index contributed by atoms with van der Waals surface area (Å²) in [6.45, 7) is 1.20. The van der Waals surface area contributed by atoms with Gasteiger partial charge in [0, 0.05) is 19.0 Å². The number of nitrogens with zero attached hydrogens (tertiary/aromatic N) is 2. The predicted molar refractivity (Wildman–Crippen MR) is 68.6 cm³/mol. The molecule has 0 N–H and O–H groups in total. The summed E-state index contributed by atoms with van der Waals surface area (Å²) in [5, 5.41) is 0. The zero-order valence-electron chi connectivity index (χ0n) is 11.0. The Morgan fingerprint density at radius 1 is 1.40 bits per heavy atom. The van der Waals surface area contributed by atoms with E-state index in [0.717, 1.165) is 12.5 Å². The molecular weight excluding hydrogens is 266 g/mol. The SMILES string of the molecule is COc1ccc(F)c(F)c1-c1nccn1C1CCOC1. The lowest BCUT2D eigenvalue weighted by molar-refractivity contribution is 0.187. The Labute approximate surface area is 115 Å². The van der Waals surface area contributed by atoms with Crippen LogP contribution in [0, 0.1) is 11.6 Å². The van der Waals surface area contributed by atoms with Gasteiger partial charge in [0.25, 0.3) is 0 Å². The molecule has 0 amide bonds. The van der Waals surface area contributed by atoms with Gasteiger partial charge >= 0.3 is 0 Å². The van der Waals surface area contributed by atoms with Gasteiger partial charge < -0.3 is 14.0 Å². The number of hydrogen-bond donors (Lipinski definition) is 0. The summed E-state index contributed by atoms with van der Waals surface area (Å²) in [5.74, 6) is -1.25. The number of rotatable bonds is 3. The topological polar surface area (TPSA) is 36.3 Å². The van der Waals surface area contributed by atoms with Crippen LogP contribution in [-0.4, -0.2) is 29.9 Å². The molecule has 0 radical (unpaired) electrons. The van der Waals surface area contributed by atoms with Gasteiger partial charge in [0.05, 0.1) is 25.3 Å². The minimum absolute atomic E-state index is 0.0457. The third kappa shape index (κ3) is 2.06. The average molecular weight is 280 g/mol. The Morgan fingerprint density at radius 3 is 2.95 bits per heavy atom. The summed E-state index contributed by atoms with van der Waals surface area (Å²) in [7, 11) is 1.42. The third-order valence-corrected chi connectivity index (χ3v) is 3.47. The molecule has 2 heterocycles. The Hall–Kier alpha value is -1.95. The van der Waals surface area contributed by atoms with Crippen molar-refractivity contribution in [3.8, 4) is 17.1 Å². The molecule has 4 nitrogen and oxygen atoms in total. The predicted octanol–water partition coefficient (Wildman–Crippen LogP) is 2.80. The van der Waals surface area contributed by atoms with E-state index in [2.05, 4.69) is 4.98 Å². The average Bonchev–Trinajstić information content (AvgIpc) is 3.11. The van der Waals surface area contributed by atoms with Crippen molar-refractivity contribution < 1.29 is 18.3 Å². The van der Waals surface area contributed by atoms with Crippen LogP contribution in [0.2, 0.25) is 0 Å². The molecular formula is C14H14F2N2O2. The van der Waals surface area contributed by atoms with Crippen LogP contribution in [0.5, 0.6) is 5.75 Å². The first kappa shape index (κ1) is 13.1. The van der Waals surface area contributed by atoms with Gasteiger partial charge in [-0.1, -0.05) is 0 Å². The lowest BCUT2D eigenvalue weighted by atomic mass is 10.1. The van der Waals surface area contributed by atoms with E-state index in [1.165, 1.54) is 13.2 Å². The second kappa shape index (κ2) is 5.20. The summed E-state index contributed by atoms with van der Waals surface area (Å²) in [5.41, 5.74) is 0.0457. The second-order valence-electron chi connectivity index (χ2n) is 4.61. The van der Waals surface area contributed by atoms with Crippen LogP contribution in [0.1, 0.15) is 12.5 Å². The maximum Gasteiger partial charge on any atom is 0.173 e. The second-order valence-corrected chi connectivity index (χ2v) is 4.61. The number of imidazole rings is 1. The van der Waals surface area contributed by atoms with Crippen molar-refractivity contribution in [1.29, 1.82) is 0 Å². The van der Waals surface area contributed by atoms with E-state index in [1.54, 1.807) is 12.4 Å². The lowest BCUT2D eigenvalue weighted by Crippen LogP contribution is -2.10. The van der Waals surface area contributed by atoms with Gasteiger partial charge in [-0.2, -0.15) is 0 Å². The van der Waals surface area contributed by atoms with Crippen LogP contribution in [0.25, 0.3) is 11.4 Å². The van der Waals surface area contributed by atoms with E-state index in [4.69, 9.17) is 9.47 Å². The van der Waals surface area contributed by atoms with Crippen molar-refractivity contribution in [2.24, 2.45) is 0 Å². The molecule has 6 heteroatoms. The Balaban J connectivity index is 2.14. The van der Waals surface area contributed by atoms with Crippen LogP contribution in [-0.2, 0) is 4.74 Å².